The first-order chi connectivity index (χ1) is 17.9. The van der Waals surface area contributed by atoms with Gasteiger partial charge in [-0.15, -0.1) is 0 Å². The molecule has 1 saturated heterocycles. The van der Waals surface area contributed by atoms with Gasteiger partial charge in [-0.3, -0.25) is 9.36 Å². The van der Waals surface area contributed by atoms with Crippen molar-refractivity contribution in [3.8, 4) is 5.95 Å². The van der Waals surface area contributed by atoms with E-state index in [1.807, 2.05) is 19.1 Å². The van der Waals surface area contributed by atoms with Crippen LogP contribution in [0.4, 0.5) is 5.82 Å². The van der Waals surface area contributed by atoms with E-state index in [9.17, 15) is 9.90 Å². The van der Waals surface area contributed by atoms with Crippen LogP contribution in [-0.2, 0) is 22.7 Å². The van der Waals surface area contributed by atoms with Crippen LogP contribution in [0.2, 0.25) is 5.02 Å². The molecule has 0 amide bonds. The topological polar surface area (TPSA) is 163 Å². The molecule has 4 heterocycles. The van der Waals surface area contributed by atoms with Crippen LogP contribution in [0.3, 0.4) is 0 Å². The molecule has 0 bridgehead atoms. The summed E-state index contributed by atoms with van der Waals surface area (Å²) in [7, 11) is 0. The zero-order chi connectivity index (χ0) is 26.1. The van der Waals surface area contributed by atoms with Gasteiger partial charge in [0.05, 0.1) is 18.1 Å². The summed E-state index contributed by atoms with van der Waals surface area (Å²) in [5.41, 5.74) is 9.46. The number of ketones is 1. The average Bonchev–Trinajstić information content (AvgIpc) is 3.59. The molecule has 4 atom stereocenters. The van der Waals surface area contributed by atoms with Crippen LogP contribution in [-0.4, -0.2) is 53.8 Å². The maximum absolute atomic E-state index is 12.2. The lowest BCUT2D eigenvalue weighted by Crippen LogP contribution is -2.43. The first-order valence-corrected chi connectivity index (χ1v) is 12.1. The van der Waals surface area contributed by atoms with Crippen LogP contribution in [0.15, 0.2) is 41.4 Å². The molecule has 5 rings (SSSR count). The number of aryl methyl sites for hydroxylation is 1. The molecule has 0 spiro atoms. The quantitative estimate of drug-likeness (QED) is 0.293. The number of halogens is 1. The highest BCUT2D eigenvalue weighted by Gasteiger charge is 2.45. The zero-order valence-electron chi connectivity index (χ0n) is 20.2. The summed E-state index contributed by atoms with van der Waals surface area (Å²) < 4.78 is 18.2. The first-order valence-electron chi connectivity index (χ1n) is 11.7. The molecule has 0 radical (unpaired) electrons. The van der Waals surface area contributed by atoms with Gasteiger partial charge in [-0.2, -0.15) is 0 Å². The molecular weight excluding hydrogens is 502 g/mol. The number of imidazole rings is 1. The largest absolute Gasteiger partial charge is 0.459 e. The lowest BCUT2D eigenvalue weighted by Gasteiger charge is -2.17. The van der Waals surface area contributed by atoms with E-state index in [1.165, 1.54) is 12.7 Å². The second kappa shape index (κ2) is 10.4. The summed E-state index contributed by atoms with van der Waals surface area (Å²) in [6, 6.07) is 6.36. The number of ether oxygens (including phenoxy) is 2. The zero-order valence-corrected chi connectivity index (χ0v) is 20.9. The summed E-state index contributed by atoms with van der Waals surface area (Å²) in [5.74, 6) is 0.628. The highest BCUT2D eigenvalue weighted by atomic mass is 35.5. The number of hydrogen-bond acceptors (Lipinski definition) is 11. The number of hydrogen-bond donors (Lipinski definition) is 3. The van der Waals surface area contributed by atoms with Crippen molar-refractivity contribution >= 4 is 34.4 Å². The number of aliphatic hydroxyl groups is 1. The van der Waals surface area contributed by atoms with E-state index in [-0.39, 0.29) is 18.8 Å². The number of nitrogens with one attached hydrogen (secondary N) is 1. The Kier molecular flexibility index (Phi) is 7.07. The number of Topliss-reactive ketones (excluding diaryl/α,β-unsaturated/α-hetero) is 1. The fraction of sp³-hybridized carbons (Fsp3) is 0.375. The van der Waals surface area contributed by atoms with Crippen LogP contribution >= 0.6 is 11.6 Å². The smallest absolute Gasteiger partial charge is 0.311 e. The minimum absolute atomic E-state index is 0.171. The summed E-state index contributed by atoms with van der Waals surface area (Å²) in [6.07, 6.45) is 0.222. The van der Waals surface area contributed by atoms with Gasteiger partial charge in [0.15, 0.2) is 29.0 Å². The standard InChI is InChI=1S/C24H26ClN7O5/c1-3-16(33)21-18(26)20(34)24(36-21)32-11-30-19-22(28-10-29-23(19)32)27-8-14-7-15(25)5-4-13(14)9-35-17-6-12(2)31-37-17/h4-7,10-11,18,20-21,24,34H,3,8-9,26H2,1-2H3,(H,27,28,29)/t18?,20-,21+,24+/m0/s1. The fourth-order valence-corrected chi connectivity index (χ4v) is 4.41. The van der Waals surface area contributed by atoms with Crippen LogP contribution < -0.4 is 15.8 Å². The molecule has 194 valence electrons. The van der Waals surface area contributed by atoms with Crippen LogP contribution in [0.25, 0.3) is 11.2 Å². The van der Waals surface area contributed by atoms with Gasteiger partial charge < -0.3 is 30.2 Å². The summed E-state index contributed by atoms with van der Waals surface area (Å²) >= 11 is 6.25. The number of nitrogens with two attached hydrogens (primary N) is 1. The van der Waals surface area contributed by atoms with Gasteiger partial charge in [-0.25, -0.2) is 15.0 Å². The molecule has 37 heavy (non-hydrogen) atoms. The van der Waals surface area contributed by atoms with Crippen LogP contribution in [0.1, 0.15) is 36.4 Å². The number of fused-ring (bicyclic) bond motifs is 1. The summed E-state index contributed by atoms with van der Waals surface area (Å²) in [6.45, 7) is 4.16. The maximum atomic E-state index is 12.2. The molecule has 12 nitrogen and oxygen atoms in total. The summed E-state index contributed by atoms with van der Waals surface area (Å²) in [5, 5.41) is 18.3. The van der Waals surface area contributed by atoms with Crippen molar-refractivity contribution in [2.75, 3.05) is 5.32 Å². The van der Waals surface area contributed by atoms with Gasteiger partial charge in [0.2, 0.25) is 0 Å². The van der Waals surface area contributed by atoms with Gasteiger partial charge in [-0.05, 0) is 30.2 Å². The number of nitrogens with zero attached hydrogens (tertiary/aromatic N) is 5. The molecule has 1 aromatic carbocycles. The van der Waals surface area contributed by atoms with E-state index < -0.39 is 24.5 Å². The lowest BCUT2D eigenvalue weighted by atomic mass is 10.0. The second-order valence-electron chi connectivity index (χ2n) is 8.72. The van der Waals surface area contributed by atoms with Gasteiger partial charge in [0.25, 0.3) is 0 Å². The van der Waals surface area contributed by atoms with Crippen molar-refractivity contribution in [1.82, 2.24) is 24.7 Å². The third-order valence-electron chi connectivity index (χ3n) is 6.21. The SMILES string of the molecule is CCC(=O)[C@H]1O[C@@H](n2cnc3c(NCc4cc(Cl)ccc4COc4cc(C)no4)ncnc32)[C@@H](O)C1N. The van der Waals surface area contributed by atoms with Gasteiger partial charge in [0, 0.05) is 24.1 Å². The fourth-order valence-electron chi connectivity index (χ4n) is 4.22. The number of carbonyl (C=O) groups is 1. The first kappa shape index (κ1) is 25.1. The minimum Gasteiger partial charge on any atom is -0.459 e. The Hall–Kier alpha value is -3.58. The molecule has 1 fully saturated rings. The Balaban J connectivity index is 1.35. The number of aliphatic hydroxyl groups excluding tert-OH is 1. The summed E-state index contributed by atoms with van der Waals surface area (Å²) in [4.78, 5) is 25.3. The number of anilines is 1. The monoisotopic (exact) mass is 527 g/mol. The molecular formula is C24H26ClN7O5. The highest BCUT2D eigenvalue weighted by Crippen LogP contribution is 2.32. The average molecular weight is 528 g/mol. The van der Waals surface area contributed by atoms with Gasteiger partial charge >= 0.3 is 5.95 Å². The van der Waals surface area contributed by atoms with E-state index in [4.69, 9.17) is 31.3 Å². The van der Waals surface area contributed by atoms with E-state index in [0.717, 1.165) is 16.8 Å². The Bertz CT molecular complexity index is 1420. The van der Waals surface area contributed by atoms with Crippen molar-refractivity contribution in [3.05, 3.63) is 58.8 Å². The molecule has 13 heteroatoms. The van der Waals surface area contributed by atoms with Gasteiger partial charge in [-0.1, -0.05) is 29.7 Å². The number of rotatable bonds is 9. The Morgan fingerprint density at radius 2 is 2.11 bits per heavy atom. The van der Waals surface area contributed by atoms with Crippen molar-refractivity contribution in [2.45, 2.75) is 57.9 Å². The number of carbonyl (C=O) groups excluding carboxylic acids is 1. The van der Waals surface area contributed by atoms with E-state index >= 15 is 0 Å². The number of benzene rings is 1. The molecule has 3 aromatic heterocycles. The Labute approximate surface area is 216 Å². The minimum atomic E-state index is -1.11. The third kappa shape index (κ3) is 5.01. The Morgan fingerprint density at radius 3 is 2.86 bits per heavy atom. The van der Waals surface area contributed by atoms with E-state index in [1.54, 1.807) is 23.6 Å². The van der Waals surface area contributed by atoms with Crippen molar-refractivity contribution in [3.63, 3.8) is 0 Å². The van der Waals surface area contributed by atoms with Crippen molar-refractivity contribution in [1.29, 1.82) is 0 Å². The predicted octanol–water partition coefficient (Wildman–Crippen LogP) is 2.53. The predicted molar refractivity (Wildman–Crippen MR) is 133 cm³/mol. The molecule has 0 aliphatic carbocycles. The third-order valence-corrected chi connectivity index (χ3v) is 6.45. The van der Waals surface area contributed by atoms with Crippen molar-refractivity contribution < 1.29 is 23.9 Å². The van der Waals surface area contributed by atoms with E-state index in [0.29, 0.717) is 34.5 Å². The second-order valence-corrected chi connectivity index (χ2v) is 9.16. The molecule has 4 aromatic rings. The van der Waals surface area contributed by atoms with Crippen LogP contribution in [0.5, 0.6) is 5.95 Å². The molecule has 1 aliphatic heterocycles. The highest BCUT2D eigenvalue weighted by molar-refractivity contribution is 6.30. The lowest BCUT2D eigenvalue weighted by molar-refractivity contribution is -0.132. The Morgan fingerprint density at radius 1 is 1.27 bits per heavy atom. The van der Waals surface area contributed by atoms with Crippen LogP contribution in [0, 0.1) is 6.92 Å². The van der Waals surface area contributed by atoms with E-state index in [2.05, 4.69) is 25.4 Å². The van der Waals surface area contributed by atoms with Gasteiger partial charge in [0.1, 0.15) is 25.1 Å². The maximum Gasteiger partial charge on any atom is 0.311 e. The van der Waals surface area contributed by atoms with Crippen molar-refractivity contribution in [2.24, 2.45) is 5.73 Å². The molecule has 4 N–H and O–H groups in total. The molecule has 1 unspecified atom stereocenters. The number of aromatic nitrogens is 5. The normalized spacial score (nSPS) is 21.4. The molecule has 1 aliphatic rings. The molecule has 0 saturated carbocycles.